The van der Waals surface area contributed by atoms with Gasteiger partial charge in [0.05, 0.1) is 12.1 Å². The molecule has 0 amide bonds. The van der Waals surface area contributed by atoms with Crippen molar-refractivity contribution >= 4 is 11.7 Å². The number of alkyl halides is 3. The van der Waals surface area contributed by atoms with Gasteiger partial charge in [-0.3, -0.25) is 0 Å². The highest BCUT2D eigenvalue weighted by Crippen LogP contribution is 2.38. The minimum atomic E-state index is -4.86. The first-order chi connectivity index (χ1) is 18.4. The van der Waals surface area contributed by atoms with Crippen LogP contribution in [0.2, 0.25) is 0 Å². The lowest BCUT2D eigenvalue weighted by molar-refractivity contribution is -0.274. The van der Waals surface area contributed by atoms with Gasteiger partial charge < -0.3 is 28.4 Å². The van der Waals surface area contributed by atoms with Crippen LogP contribution >= 0.6 is 0 Å². The van der Waals surface area contributed by atoms with Gasteiger partial charge in [-0.05, 0) is 55.0 Å². The zero-order valence-corrected chi connectivity index (χ0v) is 21.7. The van der Waals surface area contributed by atoms with Crippen molar-refractivity contribution in [3.63, 3.8) is 0 Å². The molecule has 0 radical (unpaired) electrons. The van der Waals surface area contributed by atoms with Crippen molar-refractivity contribution in [1.29, 1.82) is 0 Å². The minimum Gasteiger partial charge on any atom is -0.489 e. The molecular weight excluding hydrogens is 517 g/mol. The lowest BCUT2D eigenvalue weighted by Crippen LogP contribution is -2.17. The summed E-state index contributed by atoms with van der Waals surface area (Å²) in [5.41, 5.74) is 2.64. The second kappa shape index (κ2) is 11.1. The summed E-state index contributed by atoms with van der Waals surface area (Å²) in [7, 11) is 1.85. The van der Waals surface area contributed by atoms with E-state index < -0.39 is 12.3 Å². The monoisotopic (exact) mass is 544 g/mol. The summed E-state index contributed by atoms with van der Waals surface area (Å²) >= 11 is 0. The zero-order chi connectivity index (χ0) is 28.3. The highest BCUT2D eigenvalue weighted by Gasteiger charge is 2.33. The molecule has 4 aromatic rings. The van der Waals surface area contributed by atoms with Crippen LogP contribution in [0.4, 0.5) is 18.9 Å². The van der Waals surface area contributed by atoms with E-state index >= 15 is 0 Å². The van der Waals surface area contributed by atoms with E-state index in [0.29, 0.717) is 29.4 Å². The molecule has 0 fully saturated rings. The predicted molar refractivity (Wildman–Crippen MR) is 136 cm³/mol. The standard InChI is InChI=1S/C28H27F3N2O6/c1-16(2)26-21(25(32-39-26)20-7-5-6-8-23(20)38-28(29,30)31)15-36-18-9-11-22(17(3)13-18)33(4)14-19-10-12-24(37-19)27(34)35/h5-13,16H,14-15H2,1-4H3,(H,34,35). The second-order valence-electron chi connectivity index (χ2n) is 9.24. The molecule has 8 nitrogen and oxygen atoms in total. The molecule has 39 heavy (non-hydrogen) atoms. The fourth-order valence-electron chi connectivity index (χ4n) is 4.20. The maximum absolute atomic E-state index is 13.0. The molecule has 4 rings (SSSR count). The summed E-state index contributed by atoms with van der Waals surface area (Å²) < 4.78 is 60.1. The van der Waals surface area contributed by atoms with E-state index in [1.165, 1.54) is 24.3 Å². The molecule has 2 aromatic carbocycles. The number of aryl methyl sites for hydroxylation is 1. The number of nitrogens with zero attached hydrogens (tertiary/aromatic N) is 2. The van der Waals surface area contributed by atoms with Crippen molar-refractivity contribution in [3.05, 3.63) is 83.0 Å². The SMILES string of the molecule is Cc1cc(OCc2c(-c3ccccc3OC(F)(F)F)noc2C(C)C)ccc1N(C)Cc1ccc(C(=O)O)o1. The minimum absolute atomic E-state index is 0.00564. The topological polar surface area (TPSA) is 98.2 Å². The third-order valence-corrected chi connectivity index (χ3v) is 5.94. The Morgan fingerprint density at radius 1 is 1.13 bits per heavy atom. The van der Waals surface area contributed by atoms with Crippen LogP contribution in [0.3, 0.4) is 0 Å². The fourth-order valence-corrected chi connectivity index (χ4v) is 4.20. The molecular formula is C28H27F3N2O6. The molecule has 0 aliphatic carbocycles. The second-order valence-corrected chi connectivity index (χ2v) is 9.24. The van der Waals surface area contributed by atoms with Gasteiger partial charge in [0, 0.05) is 24.2 Å². The first-order valence-corrected chi connectivity index (χ1v) is 12.0. The number of aromatic carboxylic acids is 1. The molecule has 0 aliphatic heterocycles. The summed E-state index contributed by atoms with van der Waals surface area (Å²) in [5, 5.41) is 13.1. The molecule has 0 atom stereocenters. The molecule has 11 heteroatoms. The Hall–Kier alpha value is -4.41. The molecule has 1 N–H and O–H groups in total. The van der Waals surface area contributed by atoms with E-state index in [1.54, 1.807) is 18.2 Å². The third kappa shape index (κ3) is 6.54. The summed E-state index contributed by atoms with van der Waals surface area (Å²) in [6.07, 6.45) is -4.86. The molecule has 2 aromatic heterocycles. The Balaban J connectivity index is 1.54. The number of hydrogen-bond acceptors (Lipinski definition) is 7. The quantitative estimate of drug-likeness (QED) is 0.224. The molecule has 2 heterocycles. The van der Waals surface area contributed by atoms with E-state index in [-0.39, 0.29) is 35.3 Å². The number of ether oxygens (including phenoxy) is 2. The van der Waals surface area contributed by atoms with Crippen molar-refractivity contribution in [2.24, 2.45) is 0 Å². The average molecular weight is 545 g/mol. The smallest absolute Gasteiger partial charge is 0.489 e. The summed E-state index contributed by atoms with van der Waals surface area (Å²) in [6, 6.07) is 14.2. The fraction of sp³-hybridized carbons (Fsp3) is 0.286. The third-order valence-electron chi connectivity index (χ3n) is 5.94. The van der Waals surface area contributed by atoms with Crippen molar-refractivity contribution in [2.75, 3.05) is 11.9 Å². The highest BCUT2D eigenvalue weighted by atomic mass is 19.4. The first kappa shape index (κ1) is 27.6. The van der Waals surface area contributed by atoms with Crippen molar-refractivity contribution in [1.82, 2.24) is 5.16 Å². The Labute approximate surface area is 222 Å². The van der Waals surface area contributed by atoms with Gasteiger partial charge >= 0.3 is 12.3 Å². The highest BCUT2D eigenvalue weighted by molar-refractivity contribution is 5.84. The number of hydrogen-bond donors (Lipinski definition) is 1. The summed E-state index contributed by atoms with van der Waals surface area (Å²) in [4.78, 5) is 13.0. The van der Waals surface area contributed by atoms with Crippen LogP contribution in [-0.2, 0) is 13.2 Å². The Kier molecular flexibility index (Phi) is 7.89. The lowest BCUT2D eigenvalue weighted by atomic mass is 10.0. The van der Waals surface area contributed by atoms with Crippen molar-refractivity contribution in [3.8, 4) is 22.8 Å². The van der Waals surface area contributed by atoms with Gasteiger partial charge in [-0.25, -0.2) is 4.79 Å². The summed E-state index contributed by atoms with van der Waals surface area (Å²) in [6.45, 7) is 6.04. The Morgan fingerprint density at radius 2 is 1.87 bits per heavy atom. The number of anilines is 1. The molecule has 0 unspecified atom stereocenters. The van der Waals surface area contributed by atoms with Crippen LogP contribution in [0, 0.1) is 6.92 Å². The van der Waals surface area contributed by atoms with Crippen LogP contribution in [0.1, 0.15) is 53.0 Å². The molecule has 0 bridgehead atoms. The molecule has 0 saturated heterocycles. The molecule has 0 aliphatic rings. The van der Waals surface area contributed by atoms with Gasteiger partial charge in [0.1, 0.15) is 35.3 Å². The van der Waals surface area contributed by atoms with E-state index in [9.17, 15) is 18.0 Å². The van der Waals surface area contributed by atoms with E-state index in [2.05, 4.69) is 9.89 Å². The van der Waals surface area contributed by atoms with Gasteiger partial charge in [0.2, 0.25) is 5.76 Å². The zero-order valence-electron chi connectivity index (χ0n) is 21.7. The number of benzene rings is 2. The number of aromatic nitrogens is 1. The van der Waals surface area contributed by atoms with Gasteiger partial charge in [0.15, 0.2) is 0 Å². The number of para-hydroxylation sites is 1. The normalized spacial score (nSPS) is 11.6. The largest absolute Gasteiger partial charge is 0.573 e. The summed E-state index contributed by atoms with van der Waals surface area (Å²) in [5.74, 6) is -0.191. The number of furan rings is 1. The van der Waals surface area contributed by atoms with Crippen LogP contribution in [0.25, 0.3) is 11.3 Å². The van der Waals surface area contributed by atoms with E-state index in [0.717, 1.165) is 11.3 Å². The number of carbonyl (C=O) groups is 1. The van der Waals surface area contributed by atoms with Crippen LogP contribution in [0.15, 0.2) is 63.5 Å². The number of rotatable bonds is 10. The van der Waals surface area contributed by atoms with Gasteiger partial charge in [0.25, 0.3) is 0 Å². The Morgan fingerprint density at radius 3 is 2.51 bits per heavy atom. The van der Waals surface area contributed by atoms with E-state index in [4.69, 9.17) is 18.8 Å². The van der Waals surface area contributed by atoms with Crippen molar-refractivity contribution < 1.29 is 41.5 Å². The number of carboxylic acids is 1. The number of carboxylic acid groups (broad SMARTS) is 1. The maximum Gasteiger partial charge on any atom is 0.573 e. The number of halogens is 3. The molecule has 206 valence electrons. The van der Waals surface area contributed by atoms with Gasteiger partial charge in [-0.2, -0.15) is 0 Å². The predicted octanol–water partition coefficient (Wildman–Crippen LogP) is 7.18. The first-order valence-electron chi connectivity index (χ1n) is 12.0. The van der Waals surface area contributed by atoms with Crippen molar-refractivity contribution in [2.45, 2.75) is 46.2 Å². The lowest BCUT2D eigenvalue weighted by Gasteiger charge is -2.21. The van der Waals surface area contributed by atoms with Gasteiger partial charge in [-0.15, -0.1) is 13.2 Å². The van der Waals surface area contributed by atoms with Crippen LogP contribution in [-0.4, -0.2) is 29.6 Å². The Bertz CT molecular complexity index is 1460. The van der Waals surface area contributed by atoms with Crippen LogP contribution < -0.4 is 14.4 Å². The van der Waals surface area contributed by atoms with Gasteiger partial charge in [-0.1, -0.05) is 31.1 Å². The van der Waals surface area contributed by atoms with Crippen LogP contribution in [0.5, 0.6) is 11.5 Å². The average Bonchev–Trinajstić information content (AvgIpc) is 3.49. The molecule has 0 spiro atoms. The van der Waals surface area contributed by atoms with E-state index in [1.807, 2.05) is 44.9 Å². The maximum atomic E-state index is 13.0. The molecule has 0 saturated carbocycles.